The van der Waals surface area contributed by atoms with Crippen molar-refractivity contribution in [2.24, 2.45) is 0 Å². The number of rotatable bonds is 5. The summed E-state index contributed by atoms with van der Waals surface area (Å²) in [6.45, 7) is 4.52. The average Bonchev–Trinajstić information content (AvgIpc) is 3.55. The Bertz CT molecular complexity index is 2710. The highest BCUT2D eigenvalue weighted by molar-refractivity contribution is 6.09. The maximum Gasteiger partial charge on any atom is 0.0747 e. The Balaban J connectivity index is 1.25. The molecule has 0 N–H and O–H groups in total. The van der Waals surface area contributed by atoms with E-state index in [1.807, 2.05) is 0 Å². The van der Waals surface area contributed by atoms with Gasteiger partial charge in [0.2, 0.25) is 0 Å². The molecule has 1 aliphatic rings. The minimum absolute atomic E-state index is 0.563. The number of nitrogens with zero attached hydrogens (tertiary/aromatic N) is 2. The van der Waals surface area contributed by atoms with Gasteiger partial charge >= 0.3 is 0 Å². The highest BCUT2D eigenvalue weighted by Gasteiger charge is 2.47. The molecule has 1 aromatic heterocycles. The normalized spacial score (nSPS) is 13.2. The Kier molecular flexibility index (Phi) is 7.19. The zero-order chi connectivity index (χ0) is 35.5. The van der Waals surface area contributed by atoms with E-state index in [0.29, 0.717) is 0 Å². The van der Waals surface area contributed by atoms with Crippen LogP contribution in [0.5, 0.6) is 0 Å². The number of fused-ring (bicyclic) bond motifs is 5. The number of para-hydroxylation sites is 3. The third kappa shape index (κ3) is 4.65. The third-order valence-corrected chi connectivity index (χ3v) is 11.3. The second-order valence-electron chi connectivity index (χ2n) is 14.2. The van der Waals surface area contributed by atoms with E-state index in [4.69, 9.17) is 0 Å². The fourth-order valence-corrected chi connectivity index (χ4v) is 9.04. The Hall–Kier alpha value is -6.64. The number of aromatic nitrogens is 1. The lowest BCUT2D eigenvalue weighted by molar-refractivity contribution is 0.719. The zero-order valence-electron chi connectivity index (χ0n) is 29.9. The molecule has 0 fully saturated rings. The zero-order valence-corrected chi connectivity index (χ0v) is 29.9. The van der Waals surface area contributed by atoms with Crippen LogP contribution in [-0.4, -0.2) is 4.57 Å². The summed E-state index contributed by atoms with van der Waals surface area (Å²) >= 11 is 0. The Labute approximate surface area is 310 Å². The van der Waals surface area contributed by atoms with E-state index in [1.54, 1.807) is 0 Å². The van der Waals surface area contributed by atoms with E-state index in [2.05, 4.69) is 217 Å². The number of anilines is 3. The highest BCUT2D eigenvalue weighted by Crippen LogP contribution is 2.59. The molecule has 53 heavy (non-hydrogen) atoms. The molecule has 1 aliphatic heterocycles. The number of hydrogen-bond acceptors (Lipinski definition) is 1. The number of aryl methyl sites for hydroxylation is 2. The molecule has 10 rings (SSSR count). The lowest BCUT2D eigenvalue weighted by Crippen LogP contribution is -2.39. The lowest BCUT2D eigenvalue weighted by atomic mass is 9.60. The minimum Gasteiger partial charge on any atom is -0.310 e. The van der Waals surface area contributed by atoms with Gasteiger partial charge < -0.3 is 9.47 Å². The van der Waals surface area contributed by atoms with Gasteiger partial charge in [0.25, 0.3) is 0 Å². The fourth-order valence-electron chi connectivity index (χ4n) is 9.04. The van der Waals surface area contributed by atoms with Crippen molar-refractivity contribution < 1.29 is 0 Å². The SMILES string of the molecule is Cc1ccccc1C1(c2ccccc2C)c2ccccc2N(c2ccc(-n3c4ccccc4c4ccccc43)cc2)c2ccc(-c3ccccc3)cc21. The Morgan fingerprint density at radius 1 is 0.358 bits per heavy atom. The van der Waals surface area contributed by atoms with Crippen molar-refractivity contribution >= 4 is 38.9 Å². The predicted octanol–water partition coefficient (Wildman–Crippen LogP) is 13.2. The monoisotopic (exact) mass is 678 g/mol. The largest absolute Gasteiger partial charge is 0.310 e. The summed E-state index contributed by atoms with van der Waals surface area (Å²) in [7, 11) is 0. The average molecular weight is 679 g/mol. The molecule has 2 nitrogen and oxygen atoms in total. The summed E-state index contributed by atoms with van der Waals surface area (Å²) in [5, 5.41) is 2.54. The second kappa shape index (κ2) is 12.3. The van der Waals surface area contributed by atoms with Gasteiger partial charge in [-0.15, -0.1) is 0 Å². The van der Waals surface area contributed by atoms with E-state index >= 15 is 0 Å². The van der Waals surface area contributed by atoms with Gasteiger partial charge in [-0.3, -0.25) is 0 Å². The Morgan fingerprint density at radius 2 is 0.849 bits per heavy atom. The van der Waals surface area contributed by atoms with Crippen molar-refractivity contribution in [1.82, 2.24) is 4.57 Å². The van der Waals surface area contributed by atoms with Crippen LogP contribution in [0.25, 0.3) is 38.6 Å². The first kappa shape index (κ1) is 31.1. The van der Waals surface area contributed by atoms with Crippen molar-refractivity contribution in [3.05, 3.63) is 228 Å². The summed E-state index contributed by atoms with van der Waals surface area (Å²) < 4.78 is 2.39. The molecule has 0 amide bonds. The van der Waals surface area contributed by atoms with Crippen LogP contribution in [0.3, 0.4) is 0 Å². The number of benzene rings is 8. The van der Waals surface area contributed by atoms with Gasteiger partial charge in [0.05, 0.1) is 27.8 Å². The summed E-state index contributed by atoms with van der Waals surface area (Å²) in [5.74, 6) is 0. The molecule has 0 spiro atoms. The van der Waals surface area contributed by atoms with Crippen molar-refractivity contribution in [1.29, 1.82) is 0 Å². The van der Waals surface area contributed by atoms with Crippen LogP contribution in [0.15, 0.2) is 194 Å². The molecule has 252 valence electrons. The first-order valence-corrected chi connectivity index (χ1v) is 18.4. The van der Waals surface area contributed by atoms with Gasteiger partial charge in [-0.25, -0.2) is 0 Å². The summed E-state index contributed by atoms with van der Waals surface area (Å²) in [6, 6.07) is 71.4. The quantitative estimate of drug-likeness (QED) is 0.176. The van der Waals surface area contributed by atoms with E-state index in [-0.39, 0.29) is 0 Å². The molecule has 0 atom stereocenters. The van der Waals surface area contributed by atoms with Crippen LogP contribution in [0.2, 0.25) is 0 Å². The Morgan fingerprint density at radius 3 is 1.47 bits per heavy atom. The standard InChI is InChI=1S/C51H38N2/c1-35-16-6-10-22-43(35)51(44-23-11-7-17-36(44)2)45-24-12-15-27-49(45)53(50-33-28-38(34-46(50)51)37-18-4-3-5-19-37)40-31-29-39(30-32-40)52-47-25-13-8-20-41(47)42-21-9-14-26-48(42)52/h3-34H,1-2H3. The fraction of sp³-hybridized carbons (Fsp3) is 0.0588. The molecular formula is C51H38N2. The molecule has 0 aliphatic carbocycles. The van der Waals surface area contributed by atoms with Gasteiger partial charge in [-0.1, -0.05) is 140 Å². The van der Waals surface area contributed by atoms with Crippen molar-refractivity contribution in [2.45, 2.75) is 19.3 Å². The lowest BCUT2D eigenvalue weighted by Gasteiger charge is -2.47. The molecule has 0 radical (unpaired) electrons. The summed E-state index contributed by atoms with van der Waals surface area (Å²) in [6.07, 6.45) is 0. The van der Waals surface area contributed by atoms with Gasteiger partial charge in [0.15, 0.2) is 0 Å². The number of hydrogen-bond donors (Lipinski definition) is 0. The molecule has 9 aromatic rings. The molecular weight excluding hydrogens is 641 g/mol. The molecule has 0 saturated carbocycles. The van der Waals surface area contributed by atoms with Gasteiger partial charge in [0, 0.05) is 22.1 Å². The van der Waals surface area contributed by atoms with Crippen LogP contribution in [0, 0.1) is 13.8 Å². The maximum atomic E-state index is 2.48. The van der Waals surface area contributed by atoms with Crippen LogP contribution >= 0.6 is 0 Å². The molecule has 0 saturated heterocycles. The van der Waals surface area contributed by atoms with Gasteiger partial charge in [0.1, 0.15) is 0 Å². The topological polar surface area (TPSA) is 8.17 Å². The van der Waals surface area contributed by atoms with E-state index in [9.17, 15) is 0 Å². The van der Waals surface area contributed by atoms with Crippen LogP contribution in [0.4, 0.5) is 17.1 Å². The van der Waals surface area contributed by atoms with Crippen molar-refractivity contribution in [2.75, 3.05) is 4.90 Å². The highest BCUT2D eigenvalue weighted by atomic mass is 15.2. The second-order valence-corrected chi connectivity index (χ2v) is 14.2. The molecule has 0 unspecified atom stereocenters. The first-order valence-electron chi connectivity index (χ1n) is 18.4. The van der Waals surface area contributed by atoms with E-state index in [1.165, 1.54) is 77.7 Å². The van der Waals surface area contributed by atoms with Crippen molar-refractivity contribution in [3.8, 4) is 16.8 Å². The molecule has 8 aromatic carbocycles. The molecule has 2 heteroatoms. The third-order valence-electron chi connectivity index (χ3n) is 11.3. The predicted molar refractivity (Wildman–Crippen MR) is 222 cm³/mol. The van der Waals surface area contributed by atoms with Gasteiger partial charge in [-0.2, -0.15) is 0 Å². The molecule has 0 bridgehead atoms. The van der Waals surface area contributed by atoms with Crippen molar-refractivity contribution in [3.63, 3.8) is 0 Å². The van der Waals surface area contributed by atoms with Crippen LogP contribution < -0.4 is 4.90 Å². The van der Waals surface area contributed by atoms with Crippen LogP contribution in [-0.2, 0) is 5.41 Å². The van der Waals surface area contributed by atoms with E-state index in [0.717, 1.165) is 11.4 Å². The van der Waals surface area contributed by atoms with Crippen LogP contribution in [0.1, 0.15) is 33.4 Å². The maximum absolute atomic E-state index is 2.48. The minimum atomic E-state index is -0.563. The molecule has 2 heterocycles. The smallest absolute Gasteiger partial charge is 0.0747 e. The summed E-state index contributed by atoms with van der Waals surface area (Å²) in [5.41, 5.74) is 16.6. The van der Waals surface area contributed by atoms with Gasteiger partial charge in [-0.05, 0) is 113 Å². The van der Waals surface area contributed by atoms with E-state index < -0.39 is 5.41 Å². The summed E-state index contributed by atoms with van der Waals surface area (Å²) in [4.78, 5) is 2.48. The first-order chi connectivity index (χ1) is 26.1.